The Hall–Kier alpha value is -1.27. The van der Waals surface area contributed by atoms with Gasteiger partial charge in [0, 0.05) is 0 Å². The van der Waals surface area contributed by atoms with E-state index in [1.165, 1.54) is 19.4 Å². The van der Waals surface area contributed by atoms with E-state index < -0.39 is 17.6 Å². The van der Waals surface area contributed by atoms with Gasteiger partial charge in [0.05, 0.1) is 24.5 Å². The fourth-order valence-corrected chi connectivity index (χ4v) is 1.08. The van der Waals surface area contributed by atoms with Gasteiger partial charge in [-0.3, -0.25) is 4.98 Å². The van der Waals surface area contributed by atoms with Gasteiger partial charge in [-0.1, -0.05) is 6.92 Å². The van der Waals surface area contributed by atoms with Crippen LogP contribution in [0.25, 0.3) is 0 Å². The second-order valence-corrected chi connectivity index (χ2v) is 5.69. The Bertz CT molecular complexity index is 426. The molecule has 0 aromatic carbocycles. The number of rotatable bonds is 4. The lowest BCUT2D eigenvalue weighted by Crippen LogP contribution is -2.44. The number of pyridine rings is 1. The Labute approximate surface area is 124 Å². The summed E-state index contributed by atoms with van der Waals surface area (Å²) in [7, 11) is 1.50. The maximum atomic E-state index is 12.2. The Morgan fingerprint density at radius 1 is 1.19 bits per heavy atom. The quantitative estimate of drug-likeness (QED) is 0.897. The standard InChI is InChI=1S/C9H11F2NO.C6H14O2/c1-3-6-4-7(9(10)11)12-5-8(6)13-2;1-5(2,7)6(3,4)8/h4-5,9H,3H2,1-2H3;7-8H,1-4H3. The highest BCUT2D eigenvalue weighted by atomic mass is 19.3. The minimum Gasteiger partial charge on any atom is -0.495 e. The van der Waals surface area contributed by atoms with E-state index in [4.69, 9.17) is 14.9 Å². The molecule has 0 unspecified atom stereocenters. The number of hydrogen-bond donors (Lipinski definition) is 2. The van der Waals surface area contributed by atoms with Crippen molar-refractivity contribution in [3.05, 3.63) is 23.5 Å². The molecule has 0 radical (unpaired) electrons. The van der Waals surface area contributed by atoms with Gasteiger partial charge in [-0.15, -0.1) is 0 Å². The molecule has 2 N–H and O–H groups in total. The Kier molecular flexibility index (Phi) is 7.19. The average molecular weight is 305 g/mol. The number of aliphatic hydroxyl groups is 2. The summed E-state index contributed by atoms with van der Waals surface area (Å²) in [5, 5.41) is 18.2. The molecule has 6 heteroatoms. The smallest absolute Gasteiger partial charge is 0.280 e. The molecule has 0 saturated carbocycles. The summed E-state index contributed by atoms with van der Waals surface area (Å²) in [6.45, 7) is 8.19. The van der Waals surface area contributed by atoms with Gasteiger partial charge in [-0.25, -0.2) is 8.78 Å². The second-order valence-electron chi connectivity index (χ2n) is 5.69. The maximum Gasteiger partial charge on any atom is 0.280 e. The number of halogens is 2. The number of methoxy groups -OCH3 is 1. The number of aromatic nitrogens is 1. The van der Waals surface area contributed by atoms with Gasteiger partial charge in [-0.05, 0) is 45.7 Å². The summed E-state index contributed by atoms with van der Waals surface area (Å²) in [5.74, 6) is 0.562. The number of aryl methyl sites for hydroxylation is 1. The number of hydrogen-bond acceptors (Lipinski definition) is 4. The van der Waals surface area contributed by atoms with Crippen LogP contribution < -0.4 is 4.74 Å². The van der Waals surface area contributed by atoms with E-state index in [2.05, 4.69) is 4.98 Å². The monoisotopic (exact) mass is 305 g/mol. The average Bonchev–Trinajstić information content (AvgIpc) is 2.36. The first-order chi connectivity index (χ1) is 9.44. The lowest BCUT2D eigenvalue weighted by atomic mass is 9.90. The van der Waals surface area contributed by atoms with Crippen LogP contribution in [0.3, 0.4) is 0 Å². The molecule has 1 rings (SSSR count). The predicted molar refractivity (Wildman–Crippen MR) is 77.7 cm³/mol. The van der Waals surface area contributed by atoms with Crippen LogP contribution in [0.2, 0.25) is 0 Å². The number of alkyl halides is 2. The molecule has 0 fully saturated rings. The molecular formula is C15H25F2NO3. The van der Waals surface area contributed by atoms with Crippen molar-refractivity contribution in [1.82, 2.24) is 4.98 Å². The van der Waals surface area contributed by atoms with Crippen LogP contribution in [0, 0.1) is 0 Å². The first-order valence-electron chi connectivity index (χ1n) is 6.69. The minimum atomic E-state index is -2.52. The van der Waals surface area contributed by atoms with E-state index in [1.807, 2.05) is 6.92 Å². The third kappa shape index (κ3) is 6.35. The van der Waals surface area contributed by atoms with E-state index in [-0.39, 0.29) is 5.69 Å². The van der Waals surface area contributed by atoms with Gasteiger partial charge in [0.25, 0.3) is 6.43 Å². The van der Waals surface area contributed by atoms with Crippen LogP contribution in [0.15, 0.2) is 12.3 Å². The van der Waals surface area contributed by atoms with Crippen LogP contribution in [-0.4, -0.2) is 33.5 Å². The first kappa shape index (κ1) is 19.7. The predicted octanol–water partition coefficient (Wildman–Crippen LogP) is 3.12. The minimum absolute atomic E-state index is 0.197. The Morgan fingerprint density at radius 2 is 1.67 bits per heavy atom. The number of nitrogens with zero attached hydrogens (tertiary/aromatic N) is 1. The van der Waals surface area contributed by atoms with Crippen LogP contribution >= 0.6 is 0 Å². The van der Waals surface area contributed by atoms with Gasteiger partial charge < -0.3 is 14.9 Å². The molecule has 1 aromatic rings. The highest BCUT2D eigenvalue weighted by molar-refractivity contribution is 5.32. The molecule has 0 saturated heterocycles. The lowest BCUT2D eigenvalue weighted by molar-refractivity contribution is -0.107. The topological polar surface area (TPSA) is 62.6 Å². The Morgan fingerprint density at radius 3 is 1.95 bits per heavy atom. The highest BCUT2D eigenvalue weighted by Gasteiger charge is 2.31. The lowest BCUT2D eigenvalue weighted by Gasteiger charge is -2.31. The van der Waals surface area contributed by atoms with E-state index >= 15 is 0 Å². The summed E-state index contributed by atoms with van der Waals surface area (Å²) in [4.78, 5) is 3.58. The normalized spacial score (nSPS) is 12.0. The molecule has 0 spiro atoms. The van der Waals surface area contributed by atoms with Gasteiger partial charge in [0.15, 0.2) is 0 Å². The Balaban J connectivity index is 0.000000433. The van der Waals surface area contributed by atoms with Crippen molar-refractivity contribution < 1.29 is 23.7 Å². The van der Waals surface area contributed by atoms with E-state index in [9.17, 15) is 8.78 Å². The third-order valence-electron chi connectivity index (χ3n) is 3.29. The molecule has 21 heavy (non-hydrogen) atoms. The van der Waals surface area contributed by atoms with Gasteiger partial charge in [0.2, 0.25) is 0 Å². The SMILES string of the molecule is CC(C)(O)C(C)(C)O.CCc1cc(C(F)F)ncc1OC. The zero-order valence-electron chi connectivity index (χ0n) is 13.4. The van der Waals surface area contributed by atoms with Crippen LogP contribution in [-0.2, 0) is 6.42 Å². The molecule has 1 heterocycles. The van der Waals surface area contributed by atoms with Crippen molar-refractivity contribution in [2.45, 2.75) is 58.7 Å². The van der Waals surface area contributed by atoms with Crippen molar-refractivity contribution in [1.29, 1.82) is 0 Å². The highest BCUT2D eigenvalue weighted by Crippen LogP contribution is 2.23. The number of ether oxygens (including phenoxy) is 1. The molecule has 1 aromatic heterocycles. The molecule has 0 bridgehead atoms. The summed E-state index contributed by atoms with van der Waals surface area (Å²) in [5.41, 5.74) is -1.45. The summed E-state index contributed by atoms with van der Waals surface area (Å²) in [6.07, 6.45) is -0.526. The summed E-state index contributed by atoms with van der Waals surface area (Å²) >= 11 is 0. The molecule has 122 valence electrons. The fraction of sp³-hybridized carbons (Fsp3) is 0.667. The van der Waals surface area contributed by atoms with Crippen molar-refractivity contribution >= 4 is 0 Å². The van der Waals surface area contributed by atoms with Crippen molar-refractivity contribution in [3.63, 3.8) is 0 Å². The molecule has 0 aliphatic carbocycles. The fourth-order valence-electron chi connectivity index (χ4n) is 1.08. The molecule has 0 amide bonds. The van der Waals surface area contributed by atoms with Crippen LogP contribution in [0.1, 0.15) is 52.3 Å². The van der Waals surface area contributed by atoms with Crippen molar-refractivity contribution in [3.8, 4) is 5.75 Å². The molecule has 4 nitrogen and oxygen atoms in total. The summed E-state index contributed by atoms with van der Waals surface area (Å²) < 4.78 is 29.4. The molecule has 0 aliphatic heterocycles. The van der Waals surface area contributed by atoms with Gasteiger partial charge in [-0.2, -0.15) is 0 Å². The molecule has 0 aliphatic rings. The second kappa shape index (κ2) is 7.66. The van der Waals surface area contributed by atoms with Crippen LogP contribution in [0.5, 0.6) is 5.75 Å². The van der Waals surface area contributed by atoms with E-state index in [0.29, 0.717) is 12.2 Å². The largest absolute Gasteiger partial charge is 0.495 e. The molecule has 0 atom stereocenters. The van der Waals surface area contributed by atoms with Crippen molar-refractivity contribution in [2.24, 2.45) is 0 Å². The van der Waals surface area contributed by atoms with E-state index in [1.54, 1.807) is 27.7 Å². The van der Waals surface area contributed by atoms with Gasteiger partial charge >= 0.3 is 0 Å². The molecular weight excluding hydrogens is 280 g/mol. The van der Waals surface area contributed by atoms with Gasteiger partial charge in [0.1, 0.15) is 11.4 Å². The zero-order valence-corrected chi connectivity index (χ0v) is 13.4. The van der Waals surface area contributed by atoms with Crippen molar-refractivity contribution in [2.75, 3.05) is 7.11 Å². The summed E-state index contributed by atoms with van der Waals surface area (Å²) in [6, 6.07) is 1.38. The third-order valence-corrected chi connectivity index (χ3v) is 3.29. The maximum absolute atomic E-state index is 12.2. The van der Waals surface area contributed by atoms with Crippen LogP contribution in [0.4, 0.5) is 8.78 Å². The first-order valence-corrected chi connectivity index (χ1v) is 6.69. The van der Waals surface area contributed by atoms with E-state index in [0.717, 1.165) is 5.56 Å². The zero-order chi connectivity index (χ0) is 16.8.